The van der Waals surface area contributed by atoms with Gasteiger partial charge in [0, 0.05) is 18.0 Å². The van der Waals surface area contributed by atoms with Gasteiger partial charge in [-0.15, -0.1) is 5.92 Å². The number of nitrogens with zero attached hydrogens (tertiary/aromatic N) is 1. The van der Waals surface area contributed by atoms with Crippen LogP contribution in [0.2, 0.25) is 0 Å². The molecule has 1 heterocycles. The second kappa shape index (κ2) is 3.09. The van der Waals surface area contributed by atoms with Crippen molar-refractivity contribution in [3.8, 4) is 11.8 Å². The summed E-state index contributed by atoms with van der Waals surface area (Å²) < 4.78 is 0. The average Bonchev–Trinajstić information content (AvgIpc) is 1.91. The van der Waals surface area contributed by atoms with E-state index in [1.807, 2.05) is 19.3 Å². The molecule has 0 N–H and O–H groups in total. The molecular weight excluding hydrogens is 110 g/mol. The smallest absolute Gasteiger partial charge is 0.0379 e. The first-order chi connectivity index (χ1) is 4.43. The molecule has 1 nitrogen and oxygen atoms in total. The van der Waals surface area contributed by atoms with E-state index in [0.717, 1.165) is 18.4 Å². The van der Waals surface area contributed by atoms with Crippen molar-refractivity contribution in [1.82, 2.24) is 0 Å². The second-order valence-electron chi connectivity index (χ2n) is 1.90. The zero-order valence-electron chi connectivity index (χ0n) is 5.52. The summed E-state index contributed by atoms with van der Waals surface area (Å²) in [6.07, 6.45) is 5.85. The van der Waals surface area contributed by atoms with Crippen LogP contribution in [0, 0.1) is 11.8 Å². The molecule has 0 radical (unpaired) electrons. The van der Waals surface area contributed by atoms with E-state index in [9.17, 15) is 0 Å². The van der Waals surface area contributed by atoms with Gasteiger partial charge in [0.25, 0.3) is 0 Å². The maximum absolute atomic E-state index is 3.99. The molecule has 0 bridgehead atoms. The number of allylic oxidation sites excluding steroid dienone is 1. The molecule has 0 aliphatic carbocycles. The maximum atomic E-state index is 3.99. The van der Waals surface area contributed by atoms with Crippen molar-refractivity contribution in [3.63, 3.8) is 0 Å². The molecule has 0 spiro atoms. The molecule has 1 aliphatic heterocycles. The van der Waals surface area contributed by atoms with Gasteiger partial charge >= 0.3 is 0 Å². The molecule has 0 aromatic heterocycles. The van der Waals surface area contributed by atoms with Crippen molar-refractivity contribution in [2.75, 3.05) is 0 Å². The van der Waals surface area contributed by atoms with Crippen LogP contribution < -0.4 is 0 Å². The number of aliphatic imine (C=N–C) groups is 1. The summed E-state index contributed by atoms with van der Waals surface area (Å²) in [6.45, 7) is 1.85. The fourth-order valence-corrected chi connectivity index (χ4v) is 0.757. The van der Waals surface area contributed by atoms with Gasteiger partial charge in [0.15, 0.2) is 0 Å². The van der Waals surface area contributed by atoms with E-state index >= 15 is 0 Å². The molecule has 9 heavy (non-hydrogen) atoms. The fraction of sp³-hybridized carbons (Fsp3) is 0.375. The third-order valence-electron chi connectivity index (χ3n) is 1.16. The van der Waals surface area contributed by atoms with Crippen LogP contribution in [0.1, 0.15) is 19.8 Å². The molecule has 0 amide bonds. The molecule has 0 saturated heterocycles. The Labute approximate surface area is 55.5 Å². The highest BCUT2D eigenvalue weighted by Gasteiger charge is 1.93. The number of hydrogen-bond donors (Lipinski definition) is 0. The Morgan fingerprint density at radius 2 is 2.56 bits per heavy atom. The van der Waals surface area contributed by atoms with Crippen LogP contribution in [0.5, 0.6) is 0 Å². The molecule has 0 unspecified atom stereocenters. The molecule has 0 atom stereocenters. The summed E-state index contributed by atoms with van der Waals surface area (Å²) in [4.78, 5) is 3.99. The zero-order valence-corrected chi connectivity index (χ0v) is 5.52. The van der Waals surface area contributed by atoms with Crippen LogP contribution in [0.4, 0.5) is 0 Å². The first-order valence-corrected chi connectivity index (χ1v) is 3.07. The van der Waals surface area contributed by atoms with Crippen LogP contribution >= 0.6 is 0 Å². The standard InChI is InChI=1S/C8H9N/c1-2-4-8-5-3-6-9-7-8/h6-7H,3,5H2,1H3. The summed E-state index contributed by atoms with van der Waals surface area (Å²) in [7, 11) is 0. The first kappa shape index (κ1) is 6.10. The highest BCUT2D eigenvalue weighted by molar-refractivity contribution is 5.61. The largest absolute Gasteiger partial charge is 0.268 e. The van der Waals surface area contributed by atoms with Gasteiger partial charge < -0.3 is 0 Å². The fourth-order valence-electron chi connectivity index (χ4n) is 0.757. The van der Waals surface area contributed by atoms with Crippen molar-refractivity contribution < 1.29 is 0 Å². The monoisotopic (exact) mass is 119 g/mol. The minimum absolute atomic E-state index is 1.04. The minimum Gasteiger partial charge on any atom is -0.268 e. The van der Waals surface area contributed by atoms with Gasteiger partial charge in [0.2, 0.25) is 0 Å². The van der Waals surface area contributed by atoms with Gasteiger partial charge in [-0.3, -0.25) is 4.99 Å². The van der Waals surface area contributed by atoms with E-state index in [2.05, 4.69) is 16.8 Å². The predicted octanol–water partition coefficient (Wildman–Crippen LogP) is 1.76. The zero-order chi connectivity index (χ0) is 6.53. The topological polar surface area (TPSA) is 12.4 Å². The van der Waals surface area contributed by atoms with Crippen LogP contribution in [0.25, 0.3) is 0 Å². The lowest BCUT2D eigenvalue weighted by atomic mass is 10.1. The van der Waals surface area contributed by atoms with E-state index in [1.165, 1.54) is 0 Å². The van der Waals surface area contributed by atoms with E-state index in [4.69, 9.17) is 0 Å². The van der Waals surface area contributed by atoms with E-state index in [-0.39, 0.29) is 0 Å². The molecule has 46 valence electrons. The van der Waals surface area contributed by atoms with Gasteiger partial charge in [0.1, 0.15) is 0 Å². The highest BCUT2D eigenvalue weighted by atomic mass is 14.7. The van der Waals surface area contributed by atoms with Crippen LogP contribution in [-0.4, -0.2) is 6.21 Å². The Balaban J connectivity index is 2.65. The molecule has 1 heteroatoms. The third-order valence-corrected chi connectivity index (χ3v) is 1.16. The number of rotatable bonds is 0. The SMILES string of the molecule is CC#CC1=CN=CCC1. The quantitative estimate of drug-likeness (QED) is 0.431. The molecule has 0 aromatic carbocycles. The average molecular weight is 119 g/mol. The van der Waals surface area contributed by atoms with Crippen LogP contribution in [0.3, 0.4) is 0 Å². The minimum atomic E-state index is 1.04. The Hall–Kier alpha value is -1.03. The number of hydrogen-bond acceptors (Lipinski definition) is 1. The Morgan fingerprint density at radius 3 is 3.11 bits per heavy atom. The van der Waals surface area contributed by atoms with Crippen molar-refractivity contribution >= 4 is 6.21 Å². The Bertz CT molecular complexity index is 200. The first-order valence-electron chi connectivity index (χ1n) is 3.07. The van der Waals surface area contributed by atoms with Gasteiger partial charge in [0.05, 0.1) is 0 Å². The summed E-state index contributed by atoms with van der Waals surface area (Å²) >= 11 is 0. The highest BCUT2D eigenvalue weighted by Crippen LogP contribution is 2.06. The second-order valence-corrected chi connectivity index (χ2v) is 1.90. The van der Waals surface area contributed by atoms with Crippen molar-refractivity contribution in [3.05, 3.63) is 11.8 Å². The normalized spacial score (nSPS) is 15.9. The van der Waals surface area contributed by atoms with Crippen LogP contribution in [-0.2, 0) is 0 Å². The molecule has 1 rings (SSSR count). The predicted molar refractivity (Wildman–Crippen MR) is 39.3 cm³/mol. The van der Waals surface area contributed by atoms with Gasteiger partial charge in [-0.1, -0.05) is 5.92 Å². The van der Waals surface area contributed by atoms with Gasteiger partial charge in [-0.2, -0.15) is 0 Å². The summed E-state index contributed by atoms with van der Waals surface area (Å²) in [5.74, 6) is 5.83. The van der Waals surface area contributed by atoms with Crippen LogP contribution in [0.15, 0.2) is 16.8 Å². The molecule has 0 saturated carbocycles. The summed E-state index contributed by atoms with van der Waals surface area (Å²) in [6, 6.07) is 0. The lowest BCUT2D eigenvalue weighted by molar-refractivity contribution is 1.04. The van der Waals surface area contributed by atoms with E-state index < -0.39 is 0 Å². The van der Waals surface area contributed by atoms with E-state index in [0.29, 0.717) is 0 Å². The molecular formula is C8H9N. The lowest BCUT2D eigenvalue weighted by Gasteiger charge is -1.97. The molecule has 0 aromatic rings. The van der Waals surface area contributed by atoms with Gasteiger partial charge in [-0.05, 0) is 19.8 Å². The summed E-state index contributed by atoms with van der Waals surface area (Å²) in [5, 5.41) is 0. The Kier molecular flexibility index (Phi) is 2.09. The summed E-state index contributed by atoms with van der Waals surface area (Å²) in [5.41, 5.74) is 1.15. The lowest BCUT2D eigenvalue weighted by Crippen LogP contribution is -1.86. The van der Waals surface area contributed by atoms with Crippen molar-refractivity contribution in [2.24, 2.45) is 4.99 Å². The van der Waals surface area contributed by atoms with Crippen molar-refractivity contribution in [1.29, 1.82) is 0 Å². The molecule has 1 aliphatic rings. The Morgan fingerprint density at radius 1 is 1.67 bits per heavy atom. The maximum Gasteiger partial charge on any atom is 0.0379 e. The molecule has 0 fully saturated rings. The van der Waals surface area contributed by atoms with Crippen molar-refractivity contribution in [2.45, 2.75) is 19.8 Å². The third kappa shape index (κ3) is 1.73. The van der Waals surface area contributed by atoms with Gasteiger partial charge in [-0.25, -0.2) is 0 Å². The van der Waals surface area contributed by atoms with E-state index in [1.54, 1.807) is 0 Å².